The van der Waals surface area contributed by atoms with Gasteiger partial charge in [-0.3, -0.25) is 4.79 Å². The van der Waals surface area contributed by atoms with Crippen LogP contribution in [0, 0.1) is 34.5 Å². The van der Waals surface area contributed by atoms with Crippen LogP contribution in [0.3, 0.4) is 0 Å². The molecule has 2 rings (SSSR count). The van der Waals surface area contributed by atoms with Crippen molar-refractivity contribution in [3.63, 3.8) is 0 Å². The van der Waals surface area contributed by atoms with E-state index in [-0.39, 0.29) is 22.5 Å². The molecule has 1 aromatic rings. The standard InChI is InChI=1S/C40H60O/c1-13-15-20-29(4)38(41)33(19-14-2)24-30(5)35-25-34(32-21-17-16-18-22-32)26-36(35)31(6)37(40(10,11)12)23-28(3)27-39(7,8)9/h13,16-18,21-22,33-37H,1,3-6,14-15,19-20,23-27H2,2,7-12H3/t33?,34?,35?,36-,37-/m1/s1. The molecule has 5 atom stereocenters. The number of carbonyl (C=O) groups is 1. The Bertz CT molecular complexity index is 1070. The molecule has 0 spiro atoms. The van der Waals surface area contributed by atoms with Gasteiger partial charge >= 0.3 is 0 Å². The molecule has 1 nitrogen and oxygen atoms in total. The molecule has 3 unspecified atom stereocenters. The van der Waals surface area contributed by atoms with Crippen LogP contribution < -0.4 is 0 Å². The van der Waals surface area contributed by atoms with Crippen molar-refractivity contribution in [2.45, 2.75) is 112 Å². The van der Waals surface area contributed by atoms with Crippen LogP contribution >= 0.6 is 0 Å². The minimum Gasteiger partial charge on any atom is -0.294 e. The second kappa shape index (κ2) is 15.2. The van der Waals surface area contributed by atoms with E-state index in [2.05, 4.69) is 98.5 Å². The molecule has 41 heavy (non-hydrogen) atoms. The molecule has 226 valence electrons. The highest BCUT2D eigenvalue weighted by Crippen LogP contribution is 2.53. The summed E-state index contributed by atoms with van der Waals surface area (Å²) in [5, 5.41) is 0. The van der Waals surface area contributed by atoms with Gasteiger partial charge in [-0.25, -0.2) is 0 Å². The van der Waals surface area contributed by atoms with Crippen molar-refractivity contribution in [1.29, 1.82) is 0 Å². The molecule has 1 aliphatic carbocycles. The summed E-state index contributed by atoms with van der Waals surface area (Å²) >= 11 is 0. The van der Waals surface area contributed by atoms with Crippen LogP contribution in [0.2, 0.25) is 0 Å². The zero-order valence-electron chi connectivity index (χ0n) is 27.7. The van der Waals surface area contributed by atoms with Crippen molar-refractivity contribution in [1.82, 2.24) is 0 Å². The summed E-state index contributed by atoms with van der Waals surface area (Å²) < 4.78 is 0. The molecule has 0 amide bonds. The third kappa shape index (κ3) is 10.4. The summed E-state index contributed by atoms with van der Waals surface area (Å²) in [6.07, 6.45) is 10.1. The van der Waals surface area contributed by atoms with Crippen molar-refractivity contribution in [2.24, 2.45) is 34.5 Å². The fourth-order valence-corrected chi connectivity index (χ4v) is 7.09. The van der Waals surface area contributed by atoms with E-state index in [1.165, 1.54) is 22.3 Å². The van der Waals surface area contributed by atoms with Gasteiger partial charge in [0.25, 0.3) is 0 Å². The molecule has 0 saturated heterocycles. The van der Waals surface area contributed by atoms with Gasteiger partial charge in [0.05, 0.1) is 0 Å². The van der Waals surface area contributed by atoms with Gasteiger partial charge in [-0.15, -0.1) is 6.58 Å². The molecule has 1 aliphatic rings. The van der Waals surface area contributed by atoms with Gasteiger partial charge in [0.15, 0.2) is 5.78 Å². The molecule has 1 aromatic carbocycles. The maximum Gasteiger partial charge on any atom is 0.161 e. The highest BCUT2D eigenvalue weighted by molar-refractivity contribution is 5.96. The van der Waals surface area contributed by atoms with Crippen molar-refractivity contribution >= 4 is 5.78 Å². The molecule has 0 aromatic heterocycles. The lowest BCUT2D eigenvalue weighted by molar-refractivity contribution is -0.119. The van der Waals surface area contributed by atoms with Crippen LogP contribution in [0.5, 0.6) is 0 Å². The summed E-state index contributed by atoms with van der Waals surface area (Å²) in [6, 6.07) is 11.0. The number of rotatable bonds is 16. The van der Waals surface area contributed by atoms with Gasteiger partial charge in [-0.1, -0.05) is 134 Å². The number of benzene rings is 1. The summed E-state index contributed by atoms with van der Waals surface area (Å²) in [4.78, 5) is 13.5. The Hall–Kier alpha value is -2.41. The largest absolute Gasteiger partial charge is 0.294 e. The van der Waals surface area contributed by atoms with E-state index in [0.29, 0.717) is 30.1 Å². The quantitative estimate of drug-likeness (QED) is 0.146. The van der Waals surface area contributed by atoms with Gasteiger partial charge in [-0.05, 0) is 97.0 Å². The summed E-state index contributed by atoms with van der Waals surface area (Å²) in [7, 11) is 0. The van der Waals surface area contributed by atoms with Gasteiger partial charge in [-0.2, -0.15) is 0 Å². The molecule has 0 heterocycles. The Balaban J connectivity index is 2.39. The van der Waals surface area contributed by atoms with E-state index in [1.54, 1.807) is 0 Å². The second-order valence-corrected chi connectivity index (χ2v) is 15.1. The van der Waals surface area contributed by atoms with Crippen LogP contribution in [-0.2, 0) is 4.79 Å². The first-order chi connectivity index (χ1) is 19.1. The highest BCUT2D eigenvalue weighted by atomic mass is 16.1. The number of allylic oxidation sites excluding steroid dienone is 5. The van der Waals surface area contributed by atoms with E-state index in [9.17, 15) is 4.79 Å². The normalized spacial score (nSPS) is 20.7. The lowest BCUT2D eigenvalue weighted by atomic mass is 9.66. The number of Topliss-reactive ketones (excluding diaryl/α,β-unsaturated/α-hetero) is 1. The van der Waals surface area contributed by atoms with E-state index in [1.807, 2.05) is 6.08 Å². The van der Waals surface area contributed by atoms with Crippen LogP contribution in [0.1, 0.15) is 118 Å². The third-order valence-electron chi connectivity index (χ3n) is 9.12. The van der Waals surface area contributed by atoms with Gasteiger partial charge in [0.1, 0.15) is 0 Å². The number of ketones is 1. The van der Waals surface area contributed by atoms with E-state index >= 15 is 0 Å². The second-order valence-electron chi connectivity index (χ2n) is 15.1. The molecule has 0 bridgehead atoms. The van der Waals surface area contributed by atoms with Crippen molar-refractivity contribution in [3.05, 3.63) is 97.2 Å². The molecular weight excluding hydrogens is 496 g/mol. The lowest BCUT2D eigenvalue weighted by Crippen LogP contribution is -2.29. The molecule has 0 radical (unpaired) electrons. The minimum absolute atomic E-state index is 0.0421. The van der Waals surface area contributed by atoms with Gasteiger partial charge < -0.3 is 0 Å². The Morgan fingerprint density at radius 2 is 1.56 bits per heavy atom. The molecule has 0 aliphatic heterocycles. The van der Waals surface area contributed by atoms with Crippen LogP contribution in [0.4, 0.5) is 0 Å². The van der Waals surface area contributed by atoms with E-state index < -0.39 is 0 Å². The Kier molecular flexibility index (Phi) is 12.9. The average molecular weight is 557 g/mol. The Morgan fingerprint density at radius 3 is 2.10 bits per heavy atom. The monoisotopic (exact) mass is 556 g/mol. The smallest absolute Gasteiger partial charge is 0.161 e. The lowest BCUT2D eigenvalue weighted by Gasteiger charge is -2.38. The number of hydrogen-bond acceptors (Lipinski definition) is 1. The molecular formula is C40H60O. The van der Waals surface area contributed by atoms with Crippen molar-refractivity contribution < 1.29 is 4.79 Å². The first kappa shape index (κ1) is 34.8. The SMILES string of the molecule is C=CCCC(=C)C(=O)C(CCC)CC(=C)C1CC(c2ccccc2)C[C@@H]1C(=C)[C@@H](CC(=C)CC(C)(C)C)C(C)(C)C. The number of carbonyl (C=O) groups excluding carboxylic acids is 1. The predicted molar refractivity (Wildman–Crippen MR) is 181 cm³/mol. The maximum absolute atomic E-state index is 13.5. The van der Waals surface area contributed by atoms with Crippen LogP contribution in [-0.4, -0.2) is 5.78 Å². The average Bonchev–Trinajstić information content (AvgIpc) is 3.34. The number of hydrogen-bond donors (Lipinski definition) is 0. The first-order valence-corrected chi connectivity index (χ1v) is 16.0. The van der Waals surface area contributed by atoms with E-state index in [0.717, 1.165) is 56.9 Å². The Morgan fingerprint density at radius 1 is 0.951 bits per heavy atom. The minimum atomic E-state index is -0.0421. The zero-order chi connectivity index (χ0) is 31.0. The van der Waals surface area contributed by atoms with E-state index in [4.69, 9.17) is 13.2 Å². The highest BCUT2D eigenvalue weighted by Gasteiger charge is 2.42. The first-order valence-electron chi connectivity index (χ1n) is 16.0. The zero-order valence-corrected chi connectivity index (χ0v) is 27.7. The summed E-state index contributed by atoms with van der Waals surface area (Å²) in [5.41, 5.74) is 6.33. The maximum atomic E-state index is 13.5. The topological polar surface area (TPSA) is 17.1 Å². The Labute approximate surface area is 254 Å². The van der Waals surface area contributed by atoms with Gasteiger partial charge in [0, 0.05) is 5.92 Å². The third-order valence-corrected chi connectivity index (χ3v) is 9.12. The summed E-state index contributed by atoms with van der Waals surface area (Å²) in [5.74, 6) is 1.66. The fourth-order valence-electron chi connectivity index (χ4n) is 7.09. The molecule has 1 fully saturated rings. The van der Waals surface area contributed by atoms with Crippen LogP contribution in [0.25, 0.3) is 0 Å². The molecule has 1 heteroatoms. The van der Waals surface area contributed by atoms with Crippen molar-refractivity contribution in [3.8, 4) is 0 Å². The van der Waals surface area contributed by atoms with Crippen molar-refractivity contribution in [2.75, 3.05) is 0 Å². The van der Waals surface area contributed by atoms with Crippen LogP contribution in [0.15, 0.2) is 91.6 Å². The fraction of sp³-hybridized carbons (Fsp3) is 0.575. The summed E-state index contributed by atoms with van der Waals surface area (Å²) in [6.45, 7) is 38.1. The molecule has 0 N–H and O–H groups in total. The molecule has 1 saturated carbocycles. The predicted octanol–water partition coefficient (Wildman–Crippen LogP) is 11.9. The van der Waals surface area contributed by atoms with Gasteiger partial charge in [0.2, 0.25) is 0 Å².